The van der Waals surface area contributed by atoms with Crippen LogP contribution in [0.1, 0.15) is 46.7 Å². The lowest BCUT2D eigenvalue weighted by atomic mass is 10.1. The zero-order valence-electron chi connectivity index (χ0n) is 13.4. The van der Waals surface area contributed by atoms with Crippen LogP contribution < -0.4 is 10.7 Å². The van der Waals surface area contributed by atoms with Crippen molar-refractivity contribution in [3.05, 3.63) is 63.3 Å². The van der Waals surface area contributed by atoms with Crippen LogP contribution in [0.15, 0.2) is 35.4 Å². The molecule has 2 rings (SSSR count). The van der Waals surface area contributed by atoms with Crippen LogP contribution in [0.25, 0.3) is 0 Å². The number of amides is 1. The van der Waals surface area contributed by atoms with Gasteiger partial charge in [0.15, 0.2) is 5.43 Å². The minimum Gasteiger partial charge on any atom is -0.354 e. The molecule has 116 valence electrons. The molecule has 2 aromatic heterocycles. The highest BCUT2D eigenvalue weighted by atomic mass is 16.2. The molecule has 0 radical (unpaired) electrons. The van der Waals surface area contributed by atoms with Crippen molar-refractivity contribution in [1.82, 2.24) is 14.9 Å². The van der Waals surface area contributed by atoms with E-state index in [0.717, 1.165) is 17.0 Å². The van der Waals surface area contributed by atoms with Crippen molar-refractivity contribution in [1.29, 1.82) is 0 Å². The summed E-state index contributed by atoms with van der Waals surface area (Å²) in [4.78, 5) is 28.8. The Balaban J connectivity index is 2.29. The molecule has 22 heavy (non-hydrogen) atoms. The third-order valence-electron chi connectivity index (χ3n) is 3.82. The van der Waals surface area contributed by atoms with E-state index in [2.05, 4.69) is 10.3 Å². The maximum atomic E-state index is 12.4. The molecule has 1 N–H and O–H groups in total. The maximum absolute atomic E-state index is 12.4. The van der Waals surface area contributed by atoms with E-state index in [4.69, 9.17) is 0 Å². The van der Waals surface area contributed by atoms with E-state index in [0.29, 0.717) is 6.42 Å². The summed E-state index contributed by atoms with van der Waals surface area (Å²) >= 11 is 0. The maximum Gasteiger partial charge on any atom is 0.257 e. The van der Waals surface area contributed by atoms with Crippen molar-refractivity contribution in [2.75, 3.05) is 0 Å². The van der Waals surface area contributed by atoms with Gasteiger partial charge in [-0.15, -0.1) is 0 Å². The molecule has 0 fully saturated rings. The van der Waals surface area contributed by atoms with Gasteiger partial charge in [0.05, 0.1) is 11.7 Å². The van der Waals surface area contributed by atoms with Gasteiger partial charge in [-0.1, -0.05) is 13.0 Å². The van der Waals surface area contributed by atoms with E-state index in [-0.39, 0.29) is 22.9 Å². The quantitative estimate of drug-likeness (QED) is 0.942. The predicted molar refractivity (Wildman–Crippen MR) is 85.9 cm³/mol. The molecule has 0 aliphatic heterocycles. The summed E-state index contributed by atoms with van der Waals surface area (Å²) in [6, 6.07) is 5.09. The first-order chi connectivity index (χ1) is 10.4. The second kappa shape index (κ2) is 6.56. The zero-order chi connectivity index (χ0) is 16.3. The first kappa shape index (κ1) is 15.9. The van der Waals surface area contributed by atoms with Crippen molar-refractivity contribution in [3.63, 3.8) is 0 Å². The highest BCUT2D eigenvalue weighted by Gasteiger charge is 2.19. The highest BCUT2D eigenvalue weighted by Crippen LogP contribution is 2.18. The van der Waals surface area contributed by atoms with Gasteiger partial charge >= 0.3 is 0 Å². The molecule has 1 amide bonds. The Morgan fingerprint density at radius 2 is 2.14 bits per heavy atom. The first-order valence-corrected chi connectivity index (χ1v) is 7.33. The Morgan fingerprint density at radius 1 is 1.41 bits per heavy atom. The third-order valence-corrected chi connectivity index (χ3v) is 3.82. The van der Waals surface area contributed by atoms with Crippen LogP contribution in [-0.4, -0.2) is 15.5 Å². The van der Waals surface area contributed by atoms with Gasteiger partial charge < -0.3 is 9.88 Å². The first-order valence-electron chi connectivity index (χ1n) is 7.33. The molecule has 0 spiro atoms. The minimum absolute atomic E-state index is 0.153. The van der Waals surface area contributed by atoms with Gasteiger partial charge in [-0.2, -0.15) is 0 Å². The largest absolute Gasteiger partial charge is 0.354 e. The monoisotopic (exact) mass is 299 g/mol. The van der Waals surface area contributed by atoms with Crippen LogP contribution in [0.3, 0.4) is 0 Å². The van der Waals surface area contributed by atoms with Crippen LogP contribution in [0.2, 0.25) is 0 Å². The van der Waals surface area contributed by atoms with Crippen LogP contribution in [-0.2, 0) is 7.05 Å². The molecule has 1 atom stereocenters. The number of hydrogen-bond acceptors (Lipinski definition) is 3. The second-order valence-electron chi connectivity index (χ2n) is 5.44. The van der Waals surface area contributed by atoms with E-state index in [1.165, 1.54) is 6.07 Å². The van der Waals surface area contributed by atoms with Gasteiger partial charge in [0.2, 0.25) is 0 Å². The van der Waals surface area contributed by atoms with Gasteiger partial charge in [0, 0.05) is 31.2 Å². The summed E-state index contributed by atoms with van der Waals surface area (Å²) in [7, 11) is 1.81. The standard InChI is InChI=1S/C17H21N3O2/c1-5-14(16-11(2)7-6-8-18-16)19-17(22)13-10-20(4)12(3)9-15(13)21/h6-10,14H,5H2,1-4H3,(H,19,22). The Bertz CT molecular complexity index is 750. The van der Waals surface area contributed by atoms with Crippen LogP contribution in [0.4, 0.5) is 0 Å². The summed E-state index contributed by atoms with van der Waals surface area (Å²) in [5.74, 6) is -0.363. The smallest absolute Gasteiger partial charge is 0.257 e. The summed E-state index contributed by atoms with van der Waals surface area (Å²) in [5.41, 5.74) is 2.56. The summed E-state index contributed by atoms with van der Waals surface area (Å²) in [5, 5.41) is 2.91. The van der Waals surface area contributed by atoms with Crippen molar-refractivity contribution < 1.29 is 4.79 Å². The van der Waals surface area contributed by atoms with E-state index < -0.39 is 0 Å². The van der Waals surface area contributed by atoms with Crippen molar-refractivity contribution in [2.45, 2.75) is 33.2 Å². The topological polar surface area (TPSA) is 64.0 Å². The summed E-state index contributed by atoms with van der Waals surface area (Å²) in [6.45, 7) is 5.77. The SMILES string of the molecule is CCC(NC(=O)c1cn(C)c(C)cc1=O)c1ncccc1C. The molecule has 5 nitrogen and oxygen atoms in total. The van der Waals surface area contributed by atoms with E-state index in [1.807, 2.05) is 40.0 Å². The molecule has 0 bridgehead atoms. The molecule has 0 aliphatic carbocycles. The van der Waals surface area contributed by atoms with E-state index >= 15 is 0 Å². The lowest BCUT2D eigenvalue weighted by molar-refractivity contribution is 0.0932. The Morgan fingerprint density at radius 3 is 2.77 bits per heavy atom. The molecule has 2 heterocycles. The number of aromatic nitrogens is 2. The lowest BCUT2D eigenvalue weighted by Crippen LogP contribution is -2.33. The predicted octanol–water partition coefficient (Wildman–Crippen LogP) is 2.28. The number of rotatable bonds is 4. The fourth-order valence-electron chi connectivity index (χ4n) is 2.36. The molecule has 2 aromatic rings. The minimum atomic E-state index is -0.363. The number of carbonyl (C=O) groups is 1. The molecule has 5 heteroatoms. The molecular formula is C17H21N3O2. The van der Waals surface area contributed by atoms with E-state index in [9.17, 15) is 9.59 Å². The third kappa shape index (κ3) is 3.24. The van der Waals surface area contributed by atoms with Gasteiger partial charge in [0.1, 0.15) is 5.56 Å². The second-order valence-corrected chi connectivity index (χ2v) is 5.44. The van der Waals surface area contributed by atoms with Crippen LogP contribution in [0.5, 0.6) is 0 Å². The fourth-order valence-corrected chi connectivity index (χ4v) is 2.36. The summed E-state index contributed by atoms with van der Waals surface area (Å²) < 4.78 is 1.77. The number of aryl methyl sites for hydroxylation is 3. The molecule has 0 aliphatic rings. The van der Waals surface area contributed by atoms with Crippen molar-refractivity contribution in [2.24, 2.45) is 7.05 Å². The molecule has 1 unspecified atom stereocenters. The zero-order valence-corrected chi connectivity index (χ0v) is 13.4. The Kier molecular flexibility index (Phi) is 4.75. The molecular weight excluding hydrogens is 278 g/mol. The Hall–Kier alpha value is -2.43. The van der Waals surface area contributed by atoms with Crippen molar-refractivity contribution in [3.8, 4) is 0 Å². The lowest BCUT2D eigenvalue weighted by Gasteiger charge is -2.18. The van der Waals surface area contributed by atoms with E-state index in [1.54, 1.807) is 17.0 Å². The number of carbonyl (C=O) groups excluding carboxylic acids is 1. The number of hydrogen-bond donors (Lipinski definition) is 1. The number of nitrogens with one attached hydrogen (secondary N) is 1. The fraction of sp³-hybridized carbons (Fsp3) is 0.353. The normalized spacial score (nSPS) is 12.0. The Labute approximate surface area is 130 Å². The summed E-state index contributed by atoms with van der Waals surface area (Å²) in [6.07, 6.45) is 3.99. The molecule has 0 saturated heterocycles. The number of pyridine rings is 2. The van der Waals surface area contributed by atoms with Crippen LogP contribution in [0, 0.1) is 13.8 Å². The average Bonchev–Trinajstić information content (AvgIpc) is 2.49. The molecule has 0 aromatic carbocycles. The van der Waals surface area contributed by atoms with Gasteiger partial charge in [-0.25, -0.2) is 0 Å². The molecule has 0 saturated carbocycles. The average molecular weight is 299 g/mol. The van der Waals surface area contributed by atoms with Gasteiger partial charge in [-0.05, 0) is 31.9 Å². The van der Waals surface area contributed by atoms with Gasteiger partial charge in [0.25, 0.3) is 5.91 Å². The number of nitrogens with zero attached hydrogens (tertiary/aromatic N) is 2. The van der Waals surface area contributed by atoms with Gasteiger partial charge in [-0.3, -0.25) is 14.6 Å². The highest BCUT2D eigenvalue weighted by molar-refractivity contribution is 5.94. The van der Waals surface area contributed by atoms with Crippen molar-refractivity contribution >= 4 is 5.91 Å². The van der Waals surface area contributed by atoms with Crippen LogP contribution >= 0.6 is 0 Å².